The molecular weight excluding hydrogens is 245 g/mol. The second-order valence-electron chi connectivity index (χ2n) is 3.72. The highest BCUT2D eigenvalue weighted by atomic mass is 19.4. The van der Waals surface area contributed by atoms with Crippen LogP contribution in [0.15, 0.2) is 42.2 Å². The van der Waals surface area contributed by atoms with Crippen molar-refractivity contribution < 1.29 is 17.9 Å². The third kappa shape index (κ3) is 2.97. The molecular formula is C12H11F3N2O. The van der Waals surface area contributed by atoms with Crippen molar-refractivity contribution in [1.29, 1.82) is 0 Å². The molecule has 0 atom stereocenters. The molecule has 1 aliphatic rings. The Morgan fingerprint density at radius 3 is 2.39 bits per heavy atom. The molecule has 1 aromatic rings. The first-order valence-corrected chi connectivity index (χ1v) is 5.20. The van der Waals surface area contributed by atoms with Gasteiger partial charge in [0, 0.05) is 17.8 Å². The monoisotopic (exact) mass is 256 g/mol. The molecule has 1 aliphatic heterocycles. The number of ether oxygens (including phenoxy) is 1. The molecule has 0 saturated carbocycles. The number of hydrogen-bond donors (Lipinski definition) is 2. The predicted molar refractivity (Wildman–Crippen MR) is 61.4 cm³/mol. The summed E-state index contributed by atoms with van der Waals surface area (Å²) in [5.74, 6) is -0.246. The summed E-state index contributed by atoms with van der Waals surface area (Å²) < 4.78 is 39.8. The number of nitrogens with two attached hydrogens (primary N) is 1. The first-order valence-electron chi connectivity index (χ1n) is 5.20. The van der Waals surface area contributed by atoms with Crippen molar-refractivity contribution in [3.63, 3.8) is 0 Å². The lowest BCUT2D eigenvalue weighted by Crippen LogP contribution is -2.18. The van der Waals surface area contributed by atoms with Crippen LogP contribution in [0.25, 0.3) is 5.57 Å². The van der Waals surface area contributed by atoms with Crippen molar-refractivity contribution >= 4 is 5.57 Å². The largest absolute Gasteiger partial charge is 0.573 e. The summed E-state index contributed by atoms with van der Waals surface area (Å²) in [6.07, 6.45) is -1.24. The van der Waals surface area contributed by atoms with Gasteiger partial charge in [0.05, 0.1) is 0 Å². The molecule has 0 radical (unpaired) electrons. The van der Waals surface area contributed by atoms with Gasteiger partial charge in [0.15, 0.2) is 0 Å². The van der Waals surface area contributed by atoms with Crippen molar-refractivity contribution in [1.82, 2.24) is 5.32 Å². The smallest absolute Gasteiger partial charge is 0.406 e. The normalized spacial score (nSPS) is 15.5. The Morgan fingerprint density at radius 2 is 1.83 bits per heavy atom. The fourth-order valence-electron chi connectivity index (χ4n) is 1.64. The first kappa shape index (κ1) is 12.3. The minimum absolute atomic E-state index is 0.246. The Labute approximate surface area is 102 Å². The van der Waals surface area contributed by atoms with Crippen LogP contribution in [0.4, 0.5) is 13.2 Å². The van der Waals surface area contributed by atoms with Crippen molar-refractivity contribution in [2.45, 2.75) is 6.36 Å². The number of halogens is 3. The van der Waals surface area contributed by atoms with Crippen LogP contribution in [0.1, 0.15) is 5.56 Å². The summed E-state index contributed by atoms with van der Waals surface area (Å²) in [6.45, 7) is 0.543. The molecule has 0 amide bonds. The van der Waals surface area contributed by atoms with E-state index in [1.165, 1.54) is 12.1 Å². The fourth-order valence-corrected chi connectivity index (χ4v) is 1.64. The quantitative estimate of drug-likeness (QED) is 0.854. The summed E-state index contributed by atoms with van der Waals surface area (Å²) >= 11 is 0. The molecule has 6 heteroatoms. The van der Waals surface area contributed by atoms with Crippen molar-refractivity contribution in [2.24, 2.45) is 5.73 Å². The van der Waals surface area contributed by atoms with E-state index in [1.807, 2.05) is 0 Å². The average Bonchev–Trinajstić information content (AvgIpc) is 2.29. The van der Waals surface area contributed by atoms with Gasteiger partial charge in [-0.3, -0.25) is 0 Å². The minimum atomic E-state index is -4.67. The van der Waals surface area contributed by atoms with E-state index in [9.17, 15) is 13.2 Å². The van der Waals surface area contributed by atoms with Crippen LogP contribution in [0.3, 0.4) is 0 Å². The van der Waals surface area contributed by atoms with E-state index in [-0.39, 0.29) is 5.75 Å². The van der Waals surface area contributed by atoms with E-state index in [2.05, 4.69) is 10.1 Å². The molecule has 2 rings (SSSR count). The molecule has 96 valence electrons. The highest BCUT2D eigenvalue weighted by Crippen LogP contribution is 2.25. The van der Waals surface area contributed by atoms with E-state index >= 15 is 0 Å². The maximum atomic E-state index is 12.0. The van der Waals surface area contributed by atoms with Gasteiger partial charge in [0.1, 0.15) is 5.75 Å². The summed E-state index contributed by atoms with van der Waals surface area (Å²) in [6, 6.07) is 5.62. The van der Waals surface area contributed by atoms with Crippen molar-refractivity contribution in [3.8, 4) is 5.75 Å². The van der Waals surface area contributed by atoms with E-state index in [1.54, 1.807) is 24.4 Å². The highest BCUT2D eigenvalue weighted by Gasteiger charge is 2.30. The predicted octanol–water partition coefficient (Wildman–Crippen LogP) is 2.37. The van der Waals surface area contributed by atoms with Crippen LogP contribution in [0.2, 0.25) is 0 Å². The van der Waals surface area contributed by atoms with Gasteiger partial charge in [-0.2, -0.15) is 0 Å². The lowest BCUT2D eigenvalue weighted by atomic mass is 10.0. The Morgan fingerprint density at radius 1 is 1.17 bits per heavy atom. The Bertz CT molecular complexity index is 489. The molecule has 0 aromatic heterocycles. The molecule has 3 N–H and O–H groups in total. The molecule has 0 aliphatic carbocycles. The number of allylic oxidation sites excluding steroid dienone is 1. The van der Waals surface area contributed by atoms with Crippen LogP contribution >= 0.6 is 0 Å². The summed E-state index contributed by atoms with van der Waals surface area (Å²) in [5.41, 5.74) is 7.99. The van der Waals surface area contributed by atoms with Gasteiger partial charge in [-0.05, 0) is 30.0 Å². The molecule has 1 heterocycles. The highest BCUT2D eigenvalue weighted by molar-refractivity contribution is 5.72. The second-order valence-corrected chi connectivity index (χ2v) is 3.72. The number of dihydropyridines is 1. The standard InChI is InChI=1S/C12H11F3N2O/c13-12(14,15)18-9-3-1-8(2-4-9)10-7-17-6-5-11(10)16/h1-6,17H,7,16H2. The van der Waals surface area contributed by atoms with Crippen LogP contribution < -0.4 is 15.8 Å². The van der Waals surface area contributed by atoms with Crippen LogP contribution in [0.5, 0.6) is 5.75 Å². The van der Waals surface area contributed by atoms with Gasteiger partial charge in [-0.1, -0.05) is 12.1 Å². The van der Waals surface area contributed by atoms with Gasteiger partial charge in [0.2, 0.25) is 0 Å². The minimum Gasteiger partial charge on any atom is -0.406 e. The van der Waals surface area contributed by atoms with Gasteiger partial charge in [-0.25, -0.2) is 0 Å². The lowest BCUT2D eigenvalue weighted by Gasteiger charge is -2.15. The van der Waals surface area contributed by atoms with E-state index in [0.29, 0.717) is 12.2 Å². The molecule has 0 fully saturated rings. The summed E-state index contributed by atoms with van der Waals surface area (Å²) in [7, 11) is 0. The molecule has 1 aromatic carbocycles. The SMILES string of the molecule is NC1=C(c2ccc(OC(F)(F)F)cc2)CNC=C1. The number of alkyl halides is 3. The number of rotatable bonds is 2. The summed E-state index contributed by atoms with van der Waals surface area (Å²) in [5, 5.41) is 2.99. The van der Waals surface area contributed by atoms with Gasteiger partial charge >= 0.3 is 6.36 Å². The van der Waals surface area contributed by atoms with Crippen LogP contribution in [-0.2, 0) is 0 Å². The second kappa shape index (κ2) is 4.64. The lowest BCUT2D eigenvalue weighted by molar-refractivity contribution is -0.274. The maximum Gasteiger partial charge on any atom is 0.573 e. The van der Waals surface area contributed by atoms with Crippen molar-refractivity contribution in [2.75, 3.05) is 6.54 Å². The Hall–Kier alpha value is -2.11. The zero-order valence-corrected chi connectivity index (χ0v) is 9.29. The topological polar surface area (TPSA) is 47.3 Å². The Balaban J connectivity index is 2.20. The number of nitrogens with one attached hydrogen (secondary N) is 1. The Kier molecular flexibility index (Phi) is 3.18. The molecule has 0 spiro atoms. The number of benzene rings is 1. The van der Waals surface area contributed by atoms with Gasteiger partial charge in [-0.15, -0.1) is 13.2 Å². The first-order chi connectivity index (χ1) is 8.46. The number of hydrogen-bond acceptors (Lipinski definition) is 3. The fraction of sp³-hybridized carbons (Fsp3) is 0.167. The maximum absolute atomic E-state index is 12.0. The molecule has 3 nitrogen and oxygen atoms in total. The molecule has 0 unspecified atom stereocenters. The van der Waals surface area contributed by atoms with Crippen molar-refractivity contribution in [3.05, 3.63) is 47.8 Å². The van der Waals surface area contributed by atoms with E-state index in [0.717, 1.165) is 11.1 Å². The van der Waals surface area contributed by atoms with E-state index in [4.69, 9.17) is 5.73 Å². The van der Waals surface area contributed by atoms with Crippen LogP contribution in [0, 0.1) is 0 Å². The molecule has 0 bridgehead atoms. The van der Waals surface area contributed by atoms with E-state index < -0.39 is 6.36 Å². The zero-order chi connectivity index (χ0) is 13.2. The molecule has 0 saturated heterocycles. The molecule has 18 heavy (non-hydrogen) atoms. The zero-order valence-electron chi connectivity index (χ0n) is 9.29. The summed E-state index contributed by atoms with van der Waals surface area (Å²) in [4.78, 5) is 0. The van der Waals surface area contributed by atoms with Gasteiger partial charge < -0.3 is 15.8 Å². The third-order valence-corrected chi connectivity index (χ3v) is 2.44. The average molecular weight is 256 g/mol. The van der Waals surface area contributed by atoms with Gasteiger partial charge in [0.25, 0.3) is 0 Å². The van der Waals surface area contributed by atoms with Crippen LogP contribution in [-0.4, -0.2) is 12.9 Å². The third-order valence-electron chi connectivity index (χ3n) is 2.44.